The molecule has 0 amide bonds. The highest BCUT2D eigenvalue weighted by Gasteiger charge is 2.22. The number of hydrogen-bond donors (Lipinski definition) is 0. The Morgan fingerprint density at radius 3 is 1.52 bits per heavy atom. The summed E-state index contributed by atoms with van der Waals surface area (Å²) in [5, 5.41) is 11.0. The number of fused-ring (bicyclic) bond motifs is 9. The van der Waals surface area contributed by atoms with Crippen molar-refractivity contribution in [3.63, 3.8) is 0 Å². The van der Waals surface area contributed by atoms with Crippen LogP contribution in [0.5, 0.6) is 0 Å². The number of benzene rings is 9. The van der Waals surface area contributed by atoms with E-state index in [1.54, 1.807) is 0 Å². The zero-order chi connectivity index (χ0) is 36.7. The van der Waals surface area contributed by atoms with Gasteiger partial charge in [0.1, 0.15) is 22.3 Å². The van der Waals surface area contributed by atoms with Crippen LogP contribution in [0.2, 0.25) is 0 Å². The van der Waals surface area contributed by atoms with Crippen molar-refractivity contribution < 1.29 is 8.83 Å². The van der Waals surface area contributed by atoms with Crippen LogP contribution >= 0.6 is 0 Å². The number of rotatable bonds is 4. The molecule has 5 nitrogen and oxygen atoms in total. The van der Waals surface area contributed by atoms with Crippen LogP contribution in [0.25, 0.3) is 121 Å². The summed E-state index contributed by atoms with van der Waals surface area (Å²) in [6, 6.07) is 61.1. The quantitative estimate of drug-likeness (QED) is 0.181. The summed E-state index contributed by atoms with van der Waals surface area (Å²) >= 11 is 0. The number of aromatic nitrogens is 3. The fraction of sp³-hybridized carbons (Fsp3) is 0. The highest BCUT2D eigenvalue weighted by Crippen LogP contribution is 2.43. The number of hydrogen-bond acceptors (Lipinski definition) is 5. The van der Waals surface area contributed by atoms with Gasteiger partial charge in [0.15, 0.2) is 17.5 Å². The number of nitrogens with zero attached hydrogens (tertiary/aromatic N) is 3. The van der Waals surface area contributed by atoms with Crippen molar-refractivity contribution in [1.82, 2.24) is 15.0 Å². The van der Waals surface area contributed by atoms with E-state index in [0.717, 1.165) is 98.6 Å². The molecule has 56 heavy (non-hydrogen) atoms. The molecule has 0 atom stereocenters. The molecule has 12 aromatic rings. The Kier molecular flexibility index (Phi) is 6.56. The first-order valence-corrected chi connectivity index (χ1v) is 18.7. The molecule has 3 aromatic heterocycles. The monoisotopic (exact) mass is 715 g/mol. The second-order valence-electron chi connectivity index (χ2n) is 14.4. The molecule has 0 fully saturated rings. The lowest BCUT2D eigenvalue weighted by molar-refractivity contribution is 0.668. The molecule has 0 saturated carbocycles. The van der Waals surface area contributed by atoms with E-state index in [9.17, 15) is 0 Å². The molecule has 3 heterocycles. The van der Waals surface area contributed by atoms with Crippen LogP contribution in [0.1, 0.15) is 0 Å². The predicted molar refractivity (Wildman–Crippen MR) is 229 cm³/mol. The lowest BCUT2D eigenvalue weighted by Crippen LogP contribution is -2.00. The zero-order valence-corrected chi connectivity index (χ0v) is 29.9. The summed E-state index contributed by atoms with van der Waals surface area (Å²) in [7, 11) is 0. The molecule has 0 aliphatic rings. The molecular weight excluding hydrogens is 687 g/mol. The van der Waals surface area contributed by atoms with Gasteiger partial charge in [-0.05, 0) is 92.5 Å². The number of para-hydroxylation sites is 1. The fourth-order valence-electron chi connectivity index (χ4n) is 8.28. The van der Waals surface area contributed by atoms with Crippen molar-refractivity contribution >= 4 is 76.2 Å². The van der Waals surface area contributed by atoms with Gasteiger partial charge < -0.3 is 8.83 Å². The van der Waals surface area contributed by atoms with E-state index in [2.05, 4.69) is 164 Å². The van der Waals surface area contributed by atoms with Gasteiger partial charge >= 0.3 is 0 Å². The Bertz CT molecular complexity index is 3460. The van der Waals surface area contributed by atoms with Gasteiger partial charge in [0.2, 0.25) is 0 Å². The van der Waals surface area contributed by atoms with Crippen LogP contribution in [0.3, 0.4) is 0 Å². The Morgan fingerprint density at radius 1 is 0.304 bits per heavy atom. The van der Waals surface area contributed by atoms with Crippen molar-refractivity contribution in [1.29, 1.82) is 0 Å². The molecule has 260 valence electrons. The van der Waals surface area contributed by atoms with Gasteiger partial charge in [-0.15, -0.1) is 0 Å². The summed E-state index contributed by atoms with van der Waals surface area (Å²) in [5.74, 6) is 1.80. The second-order valence-corrected chi connectivity index (χ2v) is 14.4. The summed E-state index contributed by atoms with van der Waals surface area (Å²) < 4.78 is 13.1. The Morgan fingerprint density at radius 2 is 0.821 bits per heavy atom. The molecule has 0 spiro atoms. The minimum atomic E-state index is 0.581. The molecule has 9 aromatic carbocycles. The van der Waals surface area contributed by atoms with Gasteiger partial charge in [0.05, 0.1) is 0 Å². The first kappa shape index (κ1) is 30.8. The van der Waals surface area contributed by atoms with Crippen molar-refractivity contribution in [2.45, 2.75) is 0 Å². The summed E-state index contributed by atoms with van der Waals surface area (Å²) in [4.78, 5) is 15.6. The first-order valence-electron chi connectivity index (χ1n) is 18.7. The van der Waals surface area contributed by atoms with Crippen molar-refractivity contribution in [2.75, 3.05) is 0 Å². The standard InChI is InChI=1S/C51H29N3O2/c1-3-11-32-25-37(19-17-30(32)9-1)49-52-50(38-20-18-31-10-2-4-12-33(31)26-38)54-51(53-49)41-23-22-39(48-47(41)40-15-7-8-16-44(40)56-48)36-21-24-45-42(28-36)43-27-34-13-5-6-14-35(34)29-46(43)55-45/h1-29H. The van der Waals surface area contributed by atoms with Crippen LogP contribution < -0.4 is 0 Å². The maximum atomic E-state index is 6.77. The molecule has 0 aliphatic heterocycles. The molecule has 12 rings (SSSR count). The molecule has 0 bridgehead atoms. The molecule has 0 radical (unpaired) electrons. The lowest BCUT2D eigenvalue weighted by Gasteiger charge is -2.12. The van der Waals surface area contributed by atoms with E-state index in [0.29, 0.717) is 17.5 Å². The van der Waals surface area contributed by atoms with Crippen LogP contribution in [0.4, 0.5) is 0 Å². The van der Waals surface area contributed by atoms with Gasteiger partial charge in [0.25, 0.3) is 0 Å². The van der Waals surface area contributed by atoms with Crippen LogP contribution in [-0.2, 0) is 0 Å². The third-order valence-corrected chi connectivity index (χ3v) is 11.1. The van der Waals surface area contributed by atoms with Crippen molar-refractivity contribution in [3.05, 3.63) is 176 Å². The maximum absolute atomic E-state index is 6.77. The second kappa shape index (κ2) is 11.9. The molecule has 5 heteroatoms. The SMILES string of the molecule is c1ccc2cc(-c3nc(-c4ccc5ccccc5c4)nc(-c4ccc(-c5ccc6oc7cc8ccccc8cc7c6c5)c5oc6ccccc6c45)n3)ccc2c1. The highest BCUT2D eigenvalue weighted by molar-refractivity contribution is 6.17. The van der Waals surface area contributed by atoms with Crippen molar-refractivity contribution in [2.24, 2.45) is 0 Å². The minimum Gasteiger partial charge on any atom is -0.456 e. The lowest BCUT2D eigenvalue weighted by atomic mass is 9.96. The Labute approximate surface area is 320 Å². The van der Waals surface area contributed by atoms with E-state index >= 15 is 0 Å². The van der Waals surface area contributed by atoms with E-state index in [4.69, 9.17) is 23.8 Å². The number of furan rings is 2. The van der Waals surface area contributed by atoms with E-state index in [1.165, 1.54) is 5.39 Å². The van der Waals surface area contributed by atoms with Gasteiger partial charge in [-0.25, -0.2) is 15.0 Å². The molecule has 0 aliphatic carbocycles. The molecule has 0 N–H and O–H groups in total. The fourth-order valence-corrected chi connectivity index (χ4v) is 8.28. The topological polar surface area (TPSA) is 65.0 Å². The normalized spacial score (nSPS) is 11.9. The van der Waals surface area contributed by atoms with E-state index in [1.807, 2.05) is 12.1 Å². The summed E-state index contributed by atoms with van der Waals surface area (Å²) in [6.07, 6.45) is 0. The Hall–Kier alpha value is -7.63. The van der Waals surface area contributed by atoms with Crippen LogP contribution in [0, 0.1) is 0 Å². The van der Waals surface area contributed by atoms with Gasteiger partial charge in [-0.2, -0.15) is 0 Å². The summed E-state index contributed by atoms with van der Waals surface area (Å²) in [5.41, 5.74) is 8.05. The van der Waals surface area contributed by atoms with Gasteiger partial charge in [-0.1, -0.05) is 121 Å². The largest absolute Gasteiger partial charge is 0.456 e. The molecular formula is C51H29N3O2. The maximum Gasteiger partial charge on any atom is 0.164 e. The summed E-state index contributed by atoms with van der Waals surface area (Å²) in [6.45, 7) is 0. The van der Waals surface area contributed by atoms with Crippen molar-refractivity contribution in [3.8, 4) is 45.3 Å². The minimum absolute atomic E-state index is 0.581. The Balaban J connectivity index is 1.09. The third-order valence-electron chi connectivity index (χ3n) is 11.1. The predicted octanol–water partition coefficient (Wildman–Crippen LogP) is 13.8. The van der Waals surface area contributed by atoms with Crippen LogP contribution in [-0.4, -0.2) is 15.0 Å². The van der Waals surface area contributed by atoms with Gasteiger partial charge in [-0.3, -0.25) is 0 Å². The van der Waals surface area contributed by atoms with Crippen LogP contribution in [0.15, 0.2) is 185 Å². The van der Waals surface area contributed by atoms with E-state index < -0.39 is 0 Å². The molecule has 0 unspecified atom stereocenters. The third kappa shape index (κ3) is 4.84. The average Bonchev–Trinajstić information content (AvgIpc) is 3.83. The first-order chi connectivity index (χ1) is 27.7. The average molecular weight is 716 g/mol. The molecule has 0 saturated heterocycles. The zero-order valence-electron chi connectivity index (χ0n) is 29.9. The smallest absolute Gasteiger partial charge is 0.164 e. The van der Waals surface area contributed by atoms with Gasteiger partial charge in [0, 0.05) is 43.8 Å². The highest BCUT2D eigenvalue weighted by atomic mass is 16.3. The van der Waals surface area contributed by atoms with E-state index in [-0.39, 0.29) is 0 Å².